The van der Waals surface area contributed by atoms with Gasteiger partial charge in [-0.3, -0.25) is 4.79 Å². The summed E-state index contributed by atoms with van der Waals surface area (Å²) >= 11 is 1.09. The summed E-state index contributed by atoms with van der Waals surface area (Å²) in [6.45, 7) is 0.0917. The van der Waals surface area contributed by atoms with Gasteiger partial charge in [0.05, 0.1) is 17.3 Å². The Morgan fingerprint density at radius 3 is 2.85 bits per heavy atom. The fraction of sp³-hybridized carbons (Fsp3) is 0.111. The number of anilines is 1. The molecule has 0 fully saturated rings. The van der Waals surface area contributed by atoms with Gasteiger partial charge in [-0.15, -0.1) is 0 Å². The number of aromatic nitrogens is 2. The van der Waals surface area contributed by atoms with Crippen molar-refractivity contribution in [2.75, 3.05) is 12.4 Å². The van der Waals surface area contributed by atoms with Crippen LogP contribution in [0.2, 0.25) is 0 Å². The molecular formula is C18H13F2N3O2S. The molecule has 0 aliphatic rings. The van der Waals surface area contributed by atoms with E-state index < -0.39 is 11.6 Å². The first-order chi connectivity index (χ1) is 12.5. The number of nitrogens with one attached hydrogen (secondary N) is 1. The Hall–Kier alpha value is -3.00. The van der Waals surface area contributed by atoms with Crippen LogP contribution in [0.25, 0.3) is 21.1 Å². The van der Waals surface area contributed by atoms with Gasteiger partial charge in [-0.1, -0.05) is 11.3 Å². The molecule has 2 aromatic heterocycles. The first kappa shape index (κ1) is 16.5. The van der Waals surface area contributed by atoms with E-state index in [1.807, 2.05) is 30.5 Å². The van der Waals surface area contributed by atoms with Gasteiger partial charge in [-0.25, -0.2) is 13.8 Å². The number of methoxy groups -OCH3 is 1. The van der Waals surface area contributed by atoms with E-state index in [9.17, 15) is 13.6 Å². The molecule has 0 bridgehead atoms. The van der Waals surface area contributed by atoms with Gasteiger partial charge in [0.15, 0.2) is 16.8 Å². The molecule has 2 aromatic carbocycles. The maximum Gasteiger partial charge on any atom is 0.246 e. The Balaban J connectivity index is 1.54. The zero-order valence-corrected chi connectivity index (χ0v) is 14.4. The Labute approximate surface area is 150 Å². The molecule has 1 amide bonds. The Morgan fingerprint density at radius 2 is 2.04 bits per heavy atom. The number of fused-ring (bicyclic) bond motifs is 2. The zero-order chi connectivity index (χ0) is 18.3. The number of thiazole rings is 1. The van der Waals surface area contributed by atoms with Crippen LogP contribution in [0.5, 0.6) is 5.75 Å². The summed E-state index contributed by atoms with van der Waals surface area (Å²) in [7, 11) is 1.60. The second kappa shape index (κ2) is 6.38. The first-order valence-corrected chi connectivity index (χ1v) is 8.53. The van der Waals surface area contributed by atoms with Crippen LogP contribution in [0.4, 0.5) is 13.9 Å². The van der Waals surface area contributed by atoms with Gasteiger partial charge in [-0.2, -0.15) is 0 Å². The highest BCUT2D eigenvalue weighted by Crippen LogP contribution is 2.28. The van der Waals surface area contributed by atoms with Crippen LogP contribution < -0.4 is 10.1 Å². The second-order valence-electron chi connectivity index (χ2n) is 5.67. The van der Waals surface area contributed by atoms with E-state index in [1.54, 1.807) is 11.7 Å². The van der Waals surface area contributed by atoms with Crippen LogP contribution >= 0.6 is 11.3 Å². The van der Waals surface area contributed by atoms with Gasteiger partial charge in [0.25, 0.3) is 0 Å². The Bertz CT molecular complexity index is 1100. The monoisotopic (exact) mass is 373 g/mol. The van der Waals surface area contributed by atoms with E-state index in [0.29, 0.717) is 15.3 Å². The minimum Gasteiger partial charge on any atom is -0.497 e. The lowest BCUT2D eigenvalue weighted by Gasteiger charge is -2.06. The normalized spacial score (nSPS) is 11.2. The van der Waals surface area contributed by atoms with Gasteiger partial charge in [0.2, 0.25) is 5.91 Å². The molecule has 0 radical (unpaired) electrons. The number of hydrogen-bond acceptors (Lipinski definition) is 4. The lowest BCUT2D eigenvalue weighted by molar-refractivity contribution is -0.116. The standard InChI is InChI=1S/C18H13F2N3O2S/c1-25-11-2-3-15-10(6-11)4-5-23(15)9-17(24)22-18-21-14-7-12(19)13(20)8-16(14)26-18/h2-8H,9H2,1H3,(H,21,22,24). The Morgan fingerprint density at radius 1 is 1.23 bits per heavy atom. The fourth-order valence-corrected chi connectivity index (χ4v) is 3.62. The topological polar surface area (TPSA) is 56.1 Å². The number of carbonyl (C=O) groups is 1. The maximum absolute atomic E-state index is 13.3. The molecule has 26 heavy (non-hydrogen) atoms. The van der Waals surface area contributed by atoms with Crippen LogP contribution in [0, 0.1) is 11.6 Å². The SMILES string of the molecule is COc1ccc2c(ccn2CC(=O)Nc2nc3cc(F)c(F)cc3s2)c1. The number of amides is 1. The van der Waals surface area contributed by atoms with Crippen molar-refractivity contribution < 1.29 is 18.3 Å². The van der Waals surface area contributed by atoms with E-state index >= 15 is 0 Å². The quantitative estimate of drug-likeness (QED) is 0.584. The maximum atomic E-state index is 13.3. The van der Waals surface area contributed by atoms with E-state index in [0.717, 1.165) is 40.1 Å². The van der Waals surface area contributed by atoms with Crippen molar-refractivity contribution in [1.82, 2.24) is 9.55 Å². The van der Waals surface area contributed by atoms with Gasteiger partial charge >= 0.3 is 0 Å². The minimum atomic E-state index is -0.963. The summed E-state index contributed by atoms with van der Waals surface area (Å²) in [5.74, 6) is -1.44. The highest BCUT2D eigenvalue weighted by atomic mass is 32.1. The number of carbonyl (C=O) groups excluding carboxylic acids is 1. The first-order valence-electron chi connectivity index (χ1n) is 7.72. The molecule has 0 aliphatic heterocycles. The molecule has 0 saturated carbocycles. The molecule has 0 spiro atoms. The highest BCUT2D eigenvalue weighted by Gasteiger charge is 2.12. The summed E-state index contributed by atoms with van der Waals surface area (Å²) in [4.78, 5) is 16.4. The fourth-order valence-electron chi connectivity index (χ4n) is 2.73. The molecule has 0 saturated heterocycles. The lowest BCUT2D eigenvalue weighted by Crippen LogP contribution is -2.18. The lowest BCUT2D eigenvalue weighted by atomic mass is 10.2. The molecule has 1 N–H and O–H groups in total. The van der Waals surface area contributed by atoms with Crippen LogP contribution in [-0.4, -0.2) is 22.6 Å². The summed E-state index contributed by atoms with van der Waals surface area (Å²) in [5.41, 5.74) is 1.21. The average Bonchev–Trinajstić information content (AvgIpc) is 3.18. The van der Waals surface area contributed by atoms with Crippen molar-refractivity contribution in [2.45, 2.75) is 6.54 Å². The van der Waals surface area contributed by atoms with Gasteiger partial charge in [0.1, 0.15) is 12.3 Å². The van der Waals surface area contributed by atoms with Gasteiger partial charge in [-0.05, 0) is 30.3 Å². The third kappa shape index (κ3) is 2.99. The molecule has 4 aromatic rings. The highest BCUT2D eigenvalue weighted by molar-refractivity contribution is 7.22. The Kier molecular flexibility index (Phi) is 4.04. The molecule has 5 nitrogen and oxygen atoms in total. The summed E-state index contributed by atoms with van der Waals surface area (Å²) in [5, 5.41) is 3.93. The number of rotatable bonds is 4. The van der Waals surface area contributed by atoms with E-state index in [-0.39, 0.29) is 12.5 Å². The largest absolute Gasteiger partial charge is 0.497 e. The molecule has 8 heteroatoms. The smallest absolute Gasteiger partial charge is 0.246 e. The predicted molar refractivity (Wildman–Crippen MR) is 96.7 cm³/mol. The number of halogens is 2. The van der Waals surface area contributed by atoms with Crippen LogP contribution in [0.15, 0.2) is 42.6 Å². The number of nitrogens with zero attached hydrogens (tertiary/aromatic N) is 2. The van der Waals surface area contributed by atoms with Crippen molar-refractivity contribution in [3.05, 3.63) is 54.2 Å². The van der Waals surface area contributed by atoms with Crippen LogP contribution in [-0.2, 0) is 11.3 Å². The van der Waals surface area contributed by atoms with Crippen LogP contribution in [0.3, 0.4) is 0 Å². The van der Waals surface area contributed by atoms with E-state index in [4.69, 9.17) is 4.74 Å². The minimum absolute atomic E-state index is 0.0917. The number of ether oxygens (including phenoxy) is 1. The molecule has 4 rings (SSSR count). The van der Waals surface area contributed by atoms with Crippen molar-refractivity contribution in [2.24, 2.45) is 0 Å². The van der Waals surface area contributed by atoms with Gasteiger partial charge < -0.3 is 14.6 Å². The van der Waals surface area contributed by atoms with Crippen molar-refractivity contribution in [3.8, 4) is 5.75 Å². The third-order valence-corrected chi connectivity index (χ3v) is 4.90. The van der Waals surface area contributed by atoms with E-state index in [2.05, 4.69) is 10.3 Å². The van der Waals surface area contributed by atoms with Gasteiger partial charge in [0, 0.05) is 23.2 Å². The van der Waals surface area contributed by atoms with E-state index in [1.165, 1.54) is 0 Å². The molecule has 0 atom stereocenters. The molecular weight excluding hydrogens is 360 g/mol. The van der Waals surface area contributed by atoms with Crippen molar-refractivity contribution >= 4 is 43.5 Å². The molecule has 2 heterocycles. The number of hydrogen-bond donors (Lipinski definition) is 1. The molecule has 0 aliphatic carbocycles. The zero-order valence-electron chi connectivity index (χ0n) is 13.6. The van der Waals surface area contributed by atoms with Crippen LogP contribution in [0.1, 0.15) is 0 Å². The number of benzene rings is 2. The summed E-state index contributed by atoms with van der Waals surface area (Å²) < 4.78 is 34.0. The summed E-state index contributed by atoms with van der Waals surface area (Å²) in [6, 6.07) is 9.58. The average molecular weight is 373 g/mol. The summed E-state index contributed by atoms with van der Waals surface area (Å²) in [6.07, 6.45) is 1.81. The second-order valence-corrected chi connectivity index (χ2v) is 6.70. The molecule has 132 valence electrons. The van der Waals surface area contributed by atoms with Crippen molar-refractivity contribution in [1.29, 1.82) is 0 Å². The predicted octanol–water partition coefficient (Wildman–Crippen LogP) is 4.18. The molecule has 0 unspecified atom stereocenters. The van der Waals surface area contributed by atoms with Crippen molar-refractivity contribution in [3.63, 3.8) is 0 Å². The third-order valence-electron chi connectivity index (χ3n) is 3.97.